The molecule has 2 unspecified atom stereocenters. The Kier molecular flexibility index (Phi) is 4.45. The van der Waals surface area contributed by atoms with Crippen LogP contribution in [0.2, 0.25) is 5.02 Å². The smallest absolute Gasteiger partial charge is 0.255 e. The molecular formula is C20H26ClN3O3. The van der Waals surface area contributed by atoms with Gasteiger partial charge in [0.15, 0.2) is 0 Å². The van der Waals surface area contributed by atoms with Gasteiger partial charge < -0.3 is 20.5 Å². The van der Waals surface area contributed by atoms with Crippen LogP contribution in [0.1, 0.15) is 28.8 Å². The Morgan fingerprint density at radius 1 is 1.26 bits per heavy atom. The number of nitrogens with zero attached hydrogens (tertiary/aromatic N) is 1. The molecule has 3 fully saturated rings. The summed E-state index contributed by atoms with van der Waals surface area (Å²) in [6.07, 6.45) is 3.02. The molecule has 3 N–H and O–H groups in total. The van der Waals surface area contributed by atoms with Crippen LogP contribution in [0.15, 0.2) is 6.07 Å². The lowest BCUT2D eigenvalue weighted by Crippen LogP contribution is -2.40. The number of nitrogens with one attached hydrogen (secondary N) is 1. The summed E-state index contributed by atoms with van der Waals surface area (Å²) in [6.45, 7) is 5.41. The third-order valence-corrected chi connectivity index (χ3v) is 7.13. The van der Waals surface area contributed by atoms with E-state index in [1.807, 2.05) is 0 Å². The fourth-order valence-corrected chi connectivity index (χ4v) is 5.40. The Morgan fingerprint density at radius 2 is 2.00 bits per heavy atom. The highest BCUT2D eigenvalue weighted by molar-refractivity contribution is 6.33. The van der Waals surface area contributed by atoms with E-state index in [9.17, 15) is 4.79 Å². The Labute approximate surface area is 164 Å². The molecule has 6 nitrogen and oxygen atoms in total. The number of benzene rings is 1. The highest BCUT2D eigenvalue weighted by Gasteiger charge is 2.56. The number of nitrogen functional groups attached to an aromatic ring is 1. The van der Waals surface area contributed by atoms with Gasteiger partial charge in [-0.2, -0.15) is 0 Å². The molecule has 0 bridgehead atoms. The molecular weight excluding hydrogens is 366 g/mol. The lowest BCUT2D eigenvalue weighted by Gasteiger charge is -2.32. The summed E-state index contributed by atoms with van der Waals surface area (Å²) in [7, 11) is 0. The molecule has 0 radical (unpaired) electrons. The fourth-order valence-electron chi connectivity index (χ4n) is 5.17. The first-order chi connectivity index (χ1) is 13.1. The van der Waals surface area contributed by atoms with Crippen molar-refractivity contribution in [2.75, 3.05) is 45.2 Å². The summed E-state index contributed by atoms with van der Waals surface area (Å²) >= 11 is 6.21. The van der Waals surface area contributed by atoms with Crippen molar-refractivity contribution >= 4 is 23.2 Å². The van der Waals surface area contributed by atoms with E-state index >= 15 is 0 Å². The molecule has 146 valence electrons. The predicted molar refractivity (Wildman–Crippen MR) is 103 cm³/mol. The van der Waals surface area contributed by atoms with Crippen molar-refractivity contribution < 1.29 is 14.3 Å². The summed E-state index contributed by atoms with van der Waals surface area (Å²) in [5.41, 5.74) is 7.92. The number of hydrogen-bond acceptors (Lipinski definition) is 5. The van der Waals surface area contributed by atoms with Gasteiger partial charge in [-0.05, 0) is 36.7 Å². The number of hydrogen-bond donors (Lipinski definition) is 2. The monoisotopic (exact) mass is 391 g/mol. The lowest BCUT2D eigenvalue weighted by atomic mass is 10.0. The van der Waals surface area contributed by atoms with E-state index in [-0.39, 0.29) is 5.91 Å². The fraction of sp³-hybridized carbons (Fsp3) is 0.650. The second kappa shape index (κ2) is 6.83. The van der Waals surface area contributed by atoms with Crippen molar-refractivity contribution in [3.05, 3.63) is 22.2 Å². The predicted octanol–water partition coefficient (Wildman–Crippen LogP) is 1.94. The number of nitrogens with two attached hydrogens (primary N) is 1. The summed E-state index contributed by atoms with van der Waals surface area (Å²) < 4.78 is 11.1. The van der Waals surface area contributed by atoms with Gasteiger partial charge in [0.25, 0.3) is 5.91 Å². The normalized spacial score (nSPS) is 29.9. The molecule has 1 aromatic rings. The summed E-state index contributed by atoms with van der Waals surface area (Å²) in [5.74, 6) is 2.55. The van der Waals surface area contributed by atoms with Crippen molar-refractivity contribution in [1.82, 2.24) is 10.2 Å². The maximum atomic E-state index is 12.7. The zero-order valence-electron chi connectivity index (χ0n) is 15.4. The number of rotatable bonds is 4. The van der Waals surface area contributed by atoms with Crippen molar-refractivity contribution in [3.63, 3.8) is 0 Å². The van der Waals surface area contributed by atoms with Gasteiger partial charge in [0.2, 0.25) is 0 Å². The molecule has 1 amide bonds. The third kappa shape index (κ3) is 3.08. The second-order valence-corrected chi connectivity index (χ2v) is 8.63. The number of amides is 1. The lowest BCUT2D eigenvalue weighted by molar-refractivity contribution is 0.0368. The molecule has 2 saturated heterocycles. The first-order valence-corrected chi connectivity index (χ1v) is 10.3. The molecule has 4 aliphatic rings. The maximum absolute atomic E-state index is 12.7. The van der Waals surface area contributed by atoms with E-state index in [4.69, 9.17) is 26.8 Å². The second-order valence-electron chi connectivity index (χ2n) is 8.22. The van der Waals surface area contributed by atoms with E-state index in [0.717, 1.165) is 50.0 Å². The van der Waals surface area contributed by atoms with E-state index in [0.29, 0.717) is 47.0 Å². The maximum Gasteiger partial charge on any atom is 0.255 e. The minimum Gasteiger partial charge on any atom is -0.492 e. The van der Waals surface area contributed by atoms with Gasteiger partial charge in [-0.25, -0.2) is 0 Å². The number of halogens is 1. The number of anilines is 1. The van der Waals surface area contributed by atoms with E-state index < -0.39 is 0 Å². The molecule has 3 aliphatic heterocycles. The van der Waals surface area contributed by atoms with Crippen LogP contribution >= 0.6 is 11.6 Å². The zero-order valence-corrected chi connectivity index (χ0v) is 16.1. The van der Waals surface area contributed by atoms with E-state index in [1.165, 1.54) is 13.1 Å². The van der Waals surface area contributed by atoms with Crippen molar-refractivity contribution in [3.8, 4) is 5.75 Å². The van der Waals surface area contributed by atoms with Gasteiger partial charge in [-0.1, -0.05) is 11.6 Å². The Morgan fingerprint density at radius 3 is 2.74 bits per heavy atom. The van der Waals surface area contributed by atoms with Crippen molar-refractivity contribution in [1.29, 1.82) is 0 Å². The molecule has 0 aromatic heterocycles. The summed E-state index contributed by atoms with van der Waals surface area (Å²) in [4.78, 5) is 15.4. The summed E-state index contributed by atoms with van der Waals surface area (Å²) in [6, 6.07) is 2.33. The number of carbonyl (C=O) groups excluding carboxylic acids is 1. The molecule has 0 spiro atoms. The standard InChI is InChI=1S/C20H26ClN3O3/c21-17-7-13(19-12(18(17)22)3-6-27-19)20(25)23-8-14-15-9-24(10-16(14)15)11-1-4-26-5-2-11/h7,11,14-16H,1-6,8-10,22H2,(H,23,25). The Bertz CT molecular complexity index is 753. The number of fused-ring (bicyclic) bond motifs is 2. The van der Waals surface area contributed by atoms with E-state index in [1.54, 1.807) is 6.07 Å². The topological polar surface area (TPSA) is 76.8 Å². The van der Waals surface area contributed by atoms with Gasteiger partial charge in [-0.15, -0.1) is 0 Å². The van der Waals surface area contributed by atoms with Gasteiger partial charge in [0.05, 0.1) is 22.9 Å². The number of ether oxygens (including phenoxy) is 2. The minimum atomic E-state index is -0.110. The molecule has 27 heavy (non-hydrogen) atoms. The zero-order chi connectivity index (χ0) is 18.5. The van der Waals surface area contributed by atoms with Crippen molar-refractivity contribution in [2.45, 2.75) is 25.3 Å². The number of likely N-dealkylation sites (tertiary alicyclic amines) is 1. The molecule has 3 heterocycles. The largest absolute Gasteiger partial charge is 0.492 e. The average Bonchev–Trinajstić information content (AvgIpc) is 3.08. The highest BCUT2D eigenvalue weighted by Crippen LogP contribution is 2.52. The average molecular weight is 392 g/mol. The molecule has 1 aliphatic carbocycles. The first-order valence-electron chi connectivity index (χ1n) is 9.97. The molecule has 1 aromatic carbocycles. The number of piperidine rings is 1. The van der Waals surface area contributed by atoms with Gasteiger partial charge in [-0.3, -0.25) is 9.69 Å². The van der Waals surface area contributed by atoms with Crippen LogP contribution in [0.4, 0.5) is 5.69 Å². The molecule has 5 rings (SSSR count). The van der Waals surface area contributed by atoms with Crippen LogP contribution in [0.5, 0.6) is 5.75 Å². The van der Waals surface area contributed by atoms with Crippen LogP contribution < -0.4 is 15.8 Å². The van der Waals surface area contributed by atoms with Gasteiger partial charge in [0.1, 0.15) is 5.75 Å². The molecule has 2 atom stereocenters. The Hall–Kier alpha value is -1.50. The van der Waals surface area contributed by atoms with Crippen molar-refractivity contribution in [2.24, 2.45) is 17.8 Å². The Balaban J connectivity index is 1.17. The van der Waals surface area contributed by atoms with Crippen LogP contribution in [0.25, 0.3) is 0 Å². The third-order valence-electron chi connectivity index (χ3n) is 6.82. The first kappa shape index (κ1) is 17.6. The van der Waals surface area contributed by atoms with Crippen LogP contribution in [-0.2, 0) is 11.2 Å². The van der Waals surface area contributed by atoms with Crippen LogP contribution in [-0.4, -0.2) is 56.3 Å². The molecule has 7 heteroatoms. The summed E-state index contributed by atoms with van der Waals surface area (Å²) in [5, 5.41) is 3.53. The van der Waals surface area contributed by atoms with Gasteiger partial charge >= 0.3 is 0 Å². The SMILES string of the molecule is Nc1c(Cl)cc(C(=O)NCC2C3CN(C4CCOCC4)CC23)c2c1CCO2. The quantitative estimate of drug-likeness (QED) is 0.767. The number of carbonyl (C=O) groups is 1. The van der Waals surface area contributed by atoms with Gasteiger partial charge in [0, 0.05) is 50.9 Å². The highest BCUT2D eigenvalue weighted by atomic mass is 35.5. The molecule has 1 saturated carbocycles. The van der Waals surface area contributed by atoms with Crippen LogP contribution in [0, 0.1) is 17.8 Å². The minimum absolute atomic E-state index is 0.110. The van der Waals surface area contributed by atoms with E-state index in [2.05, 4.69) is 10.2 Å². The van der Waals surface area contributed by atoms with Crippen LogP contribution in [0.3, 0.4) is 0 Å².